The maximum absolute atomic E-state index is 3.44. The SMILES string of the molecule is CCN(CC1CC1)CC(NC)c1ccccc1. The largest absolute Gasteiger partial charge is 0.312 e. The molecule has 0 radical (unpaired) electrons. The van der Waals surface area contributed by atoms with E-state index in [1.165, 1.54) is 24.9 Å². The zero-order valence-electron chi connectivity index (χ0n) is 11.0. The fraction of sp³-hybridized carbons (Fsp3) is 0.600. The van der Waals surface area contributed by atoms with Crippen molar-refractivity contribution in [3.05, 3.63) is 35.9 Å². The van der Waals surface area contributed by atoms with Crippen LogP contribution in [0.2, 0.25) is 0 Å². The molecule has 1 atom stereocenters. The van der Waals surface area contributed by atoms with Gasteiger partial charge in [-0.1, -0.05) is 37.3 Å². The lowest BCUT2D eigenvalue weighted by atomic mass is 10.1. The minimum atomic E-state index is 0.454. The van der Waals surface area contributed by atoms with E-state index in [4.69, 9.17) is 0 Å². The van der Waals surface area contributed by atoms with Gasteiger partial charge in [0.25, 0.3) is 0 Å². The molecule has 1 aromatic rings. The van der Waals surface area contributed by atoms with Gasteiger partial charge in [0, 0.05) is 19.1 Å². The van der Waals surface area contributed by atoms with Gasteiger partial charge in [-0.2, -0.15) is 0 Å². The summed E-state index contributed by atoms with van der Waals surface area (Å²) >= 11 is 0. The van der Waals surface area contributed by atoms with Crippen molar-refractivity contribution < 1.29 is 0 Å². The number of nitrogens with zero attached hydrogens (tertiary/aromatic N) is 1. The van der Waals surface area contributed by atoms with Gasteiger partial charge in [0.1, 0.15) is 0 Å². The van der Waals surface area contributed by atoms with E-state index in [1.54, 1.807) is 0 Å². The van der Waals surface area contributed by atoms with Gasteiger partial charge in [0.15, 0.2) is 0 Å². The standard InChI is InChI=1S/C15H24N2/c1-3-17(11-13-9-10-13)12-15(16-2)14-7-5-4-6-8-14/h4-8,13,15-16H,3,9-12H2,1-2H3. The third kappa shape index (κ3) is 3.83. The Bertz CT molecular complexity index is 319. The Morgan fingerprint density at radius 2 is 2.00 bits per heavy atom. The molecule has 1 aromatic carbocycles. The van der Waals surface area contributed by atoms with E-state index in [9.17, 15) is 0 Å². The predicted octanol–water partition coefficient (Wildman–Crippen LogP) is 2.68. The van der Waals surface area contributed by atoms with E-state index in [0.29, 0.717) is 6.04 Å². The molecule has 1 fully saturated rings. The molecule has 0 aliphatic heterocycles. The summed E-state index contributed by atoms with van der Waals surface area (Å²) in [6.07, 6.45) is 2.87. The van der Waals surface area contributed by atoms with Gasteiger partial charge in [0.2, 0.25) is 0 Å². The van der Waals surface area contributed by atoms with Crippen LogP contribution in [0, 0.1) is 5.92 Å². The fourth-order valence-electron chi connectivity index (χ4n) is 2.31. The fourth-order valence-corrected chi connectivity index (χ4v) is 2.31. The molecule has 2 heteroatoms. The second-order valence-electron chi connectivity index (χ2n) is 5.05. The first-order valence-corrected chi connectivity index (χ1v) is 6.78. The topological polar surface area (TPSA) is 15.3 Å². The number of hydrogen-bond donors (Lipinski definition) is 1. The normalized spacial score (nSPS) is 17.4. The minimum Gasteiger partial charge on any atom is -0.312 e. The highest BCUT2D eigenvalue weighted by atomic mass is 15.1. The summed E-state index contributed by atoms with van der Waals surface area (Å²) in [6.45, 7) is 5.82. The predicted molar refractivity (Wildman–Crippen MR) is 73.1 cm³/mol. The van der Waals surface area contributed by atoms with Crippen molar-refractivity contribution in [1.29, 1.82) is 0 Å². The molecule has 0 spiro atoms. The average molecular weight is 232 g/mol. The summed E-state index contributed by atoms with van der Waals surface area (Å²) in [5, 5.41) is 3.44. The van der Waals surface area contributed by atoms with Crippen LogP contribution in [-0.4, -0.2) is 31.6 Å². The summed E-state index contributed by atoms with van der Waals surface area (Å²) in [7, 11) is 2.06. The Kier molecular flexibility index (Phi) is 4.57. The van der Waals surface area contributed by atoms with Crippen LogP contribution in [0.3, 0.4) is 0 Å². The van der Waals surface area contributed by atoms with Crippen LogP contribution in [0.5, 0.6) is 0 Å². The molecule has 1 aliphatic rings. The van der Waals surface area contributed by atoms with Crippen molar-refractivity contribution in [1.82, 2.24) is 10.2 Å². The van der Waals surface area contributed by atoms with Gasteiger partial charge in [-0.25, -0.2) is 0 Å². The highest BCUT2D eigenvalue weighted by Crippen LogP contribution is 2.30. The molecule has 1 saturated carbocycles. The monoisotopic (exact) mass is 232 g/mol. The smallest absolute Gasteiger partial charge is 0.0446 e. The number of hydrogen-bond acceptors (Lipinski definition) is 2. The summed E-state index contributed by atoms with van der Waals surface area (Å²) in [6, 6.07) is 11.2. The van der Waals surface area contributed by atoms with E-state index < -0.39 is 0 Å². The van der Waals surface area contributed by atoms with Crippen LogP contribution in [0.25, 0.3) is 0 Å². The van der Waals surface area contributed by atoms with Crippen molar-refractivity contribution in [3.8, 4) is 0 Å². The Labute approximate surface area is 105 Å². The number of benzene rings is 1. The summed E-state index contributed by atoms with van der Waals surface area (Å²) < 4.78 is 0. The molecule has 2 nitrogen and oxygen atoms in total. The molecule has 2 rings (SSSR count). The lowest BCUT2D eigenvalue weighted by Crippen LogP contribution is -2.35. The molecule has 0 heterocycles. The second-order valence-corrected chi connectivity index (χ2v) is 5.05. The van der Waals surface area contributed by atoms with Gasteiger partial charge in [-0.15, -0.1) is 0 Å². The van der Waals surface area contributed by atoms with Crippen molar-refractivity contribution in [2.24, 2.45) is 5.92 Å². The van der Waals surface area contributed by atoms with E-state index in [0.717, 1.165) is 19.0 Å². The van der Waals surface area contributed by atoms with Crippen LogP contribution in [-0.2, 0) is 0 Å². The van der Waals surface area contributed by atoms with Gasteiger partial charge in [-0.3, -0.25) is 0 Å². The Morgan fingerprint density at radius 3 is 2.53 bits per heavy atom. The lowest BCUT2D eigenvalue weighted by molar-refractivity contribution is 0.248. The number of likely N-dealkylation sites (N-methyl/N-ethyl adjacent to an activating group) is 2. The van der Waals surface area contributed by atoms with Gasteiger partial charge < -0.3 is 10.2 Å². The minimum absolute atomic E-state index is 0.454. The molecule has 0 aromatic heterocycles. The molecule has 0 bridgehead atoms. The molecule has 17 heavy (non-hydrogen) atoms. The number of rotatable bonds is 7. The molecular formula is C15H24N2. The first-order chi connectivity index (χ1) is 8.33. The molecule has 1 N–H and O–H groups in total. The zero-order chi connectivity index (χ0) is 12.1. The highest BCUT2D eigenvalue weighted by Gasteiger charge is 2.24. The molecule has 1 unspecified atom stereocenters. The van der Waals surface area contributed by atoms with E-state index in [-0.39, 0.29) is 0 Å². The number of nitrogens with one attached hydrogen (secondary N) is 1. The van der Waals surface area contributed by atoms with Crippen LogP contribution < -0.4 is 5.32 Å². The van der Waals surface area contributed by atoms with Crippen molar-refractivity contribution in [2.45, 2.75) is 25.8 Å². The molecule has 94 valence electrons. The third-order valence-electron chi connectivity index (χ3n) is 3.65. The van der Waals surface area contributed by atoms with Crippen molar-refractivity contribution in [3.63, 3.8) is 0 Å². The zero-order valence-corrected chi connectivity index (χ0v) is 11.0. The summed E-state index contributed by atoms with van der Waals surface area (Å²) in [5.41, 5.74) is 1.39. The molecule has 1 aliphatic carbocycles. The molecule has 0 saturated heterocycles. The highest BCUT2D eigenvalue weighted by molar-refractivity contribution is 5.19. The lowest BCUT2D eigenvalue weighted by Gasteiger charge is -2.26. The van der Waals surface area contributed by atoms with Crippen molar-refractivity contribution >= 4 is 0 Å². The van der Waals surface area contributed by atoms with Crippen LogP contribution >= 0.6 is 0 Å². The van der Waals surface area contributed by atoms with Gasteiger partial charge in [-0.05, 0) is 37.9 Å². The second kappa shape index (κ2) is 6.18. The maximum atomic E-state index is 3.44. The summed E-state index contributed by atoms with van der Waals surface area (Å²) in [5.74, 6) is 0.975. The maximum Gasteiger partial charge on any atom is 0.0446 e. The Morgan fingerprint density at radius 1 is 1.29 bits per heavy atom. The quantitative estimate of drug-likeness (QED) is 0.777. The average Bonchev–Trinajstić information content (AvgIpc) is 3.19. The van der Waals surface area contributed by atoms with Gasteiger partial charge in [0.05, 0.1) is 0 Å². The first-order valence-electron chi connectivity index (χ1n) is 6.78. The van der Waals surface area contributed by atoms with Crippen LogP contribution in [0.1, 0.15) is 31.4 Å². The molecular weight excluding hydrogens is 208 g/mol. The van der Waals surface area contributed by atoms with Crippen LogP contribution in [0.15, 0.2) is 30.3 Å². The van der Waals surface area contributed by atoms with E-state index >= 15 is 0 Å². The van der Waals surface area contributed by atoms with Gasteiger partial charge >= 0.3 is 0 Å². The van der Waals surface area contributed by atoms with E-state index in [1.807, 2.05) is 0 Å². The van der Waals surface area contributed by atoms with Crippen molar-refractivity contribution in [2.75, 3.05) is 26.7 Å². The van der Waals surface area contributed by atoms with E-state index in [2.05, 4.69) is 54.5 Å². The molecule has 0 amide bonds. The Balaban J connectivity index is 1.93. The Hall–Kier alpha value is -0.860. The third-order valence-corrected chi connectivity index (χ3v) is 3.65. The first kappa shape index (κ1) is 12.6. The van der Waals surface area contributed by atoms with Crippen LogP contribution in [0.4, 0.5) is 0 Å². The summed E-state index contributed by atoms with van der Waals surface area (Å²) in [4.78, 5) is 2.58.